The molecule has 2 bridgehead atoms. The summed E-state index contributed by atoms with van der Waals surface area (Å²) in [6.45, 7) is 4.79. The average Bonchev–Trinajstić information content (AvgIpc) is 3.22. The maximum atomic E-state index is 13.0. The van der Waals surface area contributed by atoms with Gasteiger partial charge in [-0.2, -0.15) is 0 Å². The van der Waals surface area contributed by atoms with Crippen molar-refractivity contribution in [2.24, 2.45) is 11.8 Å². The molecule has 1 amide bonds. The average molecular weight is 327 g/mol. The van der Waals surface area contributed by atoms with Crippen molar-refractivity contribution in [2.75, 3.05) is 18.1 Å². The van der Waals surface area contributed by atoms with Crippen molar-refractivity contribution in [1.29, 1.82) is 0 Å². The Morgan fingerprint density at radius 2 is 2.12 bits per heavy atom. The Hall–Kier alpha value is -2.14. The second-order valence-corrected chi connectivity index (χ2v) is 6.83. The number of esters is 1. The molecule has 0 aliphatic carbocycles. The zero-order valence-electron chi connectivity index (χ0n) is 13.9. The van der Waals surface area contributed by atoms with Crippen LogP contribution in [0.25, 0.3) is 0 Å². The maximum Gasteiger partial charge on any atom is 0.312 e. The van der Waals surface area contributed by atoms with E-state index in [9.17, 15) is 9.59 Å². The highest BCUT2D eigenvalue weighted by atomic mass is 16.6. The second kappa shape index (κ2) is 5.45. The third-order valence-corrected chi connectivity index (χ3v) is 5.17. The fourth-order valence-corrected chi connectivity index (χ4v) is 4.01. The van der Waals surface area contributed by atoms with E-state index in [1.807, 2.05) is 50.3 Å². The molecular formula is C19H21NO4. The zero-order valence-corrected chi connectivity index (χ0v) is 13.9. The van der Waals surface area contributed by atoms with Gasteiger partial charge in [0.25, 0.3) is 0 Å². The fraction of sp³-hybridized carbons (Fsp3) is 0.474. The number of carbonyl (C=O) groups is 2. The fourth-order valence-electron chi connectivity index (χ4n) is 4.01. The Bertz CT molecular complexity index is 711. The van der Waals surface area contributed by atoms with Gasteiger partial charge in [-0.15, -0.1) is 0 Å². The number of nitrogens with zero attached hydrogens (tertiary/aromatic N) is 1. The first-order valence-corrected chi connectivity index (χ1v) is 8.47. The van der Waals surface area contributed by atoms with Gasteiger partial charge in [0, 0.05) is 5.69 Å². The first-order chi connectivity index (χ1) is 11.6. The Balaban J connectivity index is 1.64. The number of fused-ring (bicyclic) bond motifs is 1. The smallest absolute Gasteiger partial charge is 0.312 e. The van der Waals surface area contributed by atoms with Gasteiger partial charge < -0.3 is 14.4 Å². The van der Waals surface area contributed by atoms with Crippen LogP contribution in [0.5, 0.6) is 0 Å². The Morgan fingerprint density at radius 3 is 2.83 bits per heavy atom. The lowest BCUT2D eigenvalue weighted by Gasteiger charge is -2.22. The first-order valence-electron chi connectivity index (χ1n) is 8.47. The van der Waals surface area contributed by atoms with Crippen LogP contribution in [0.3, 0.4) is 0 Å². The number of hydrogen-bond donors (Lipinski definition) is 0. The summed E-state index contributed by atoms with van der Waals surface area (Å²) >= 11 is 0. The van der Waals surface area contributed by atoms with Crippen molar-refractivity contribution in [2.45, 2.75) is 32.0 Å². The van der Waals surface area contributed by atoms with Crippen molar-refractivity contribution in [1.82, 2.24) is 0 Å². The quantitative estimate of drug-likeness (QED) is 0.629. The van der Waals surface area contributed by atoms with Gasteiger partial charge in [0.1, 0.15) is 11.5 Å². The van der Waals surface area contributed by atoms with Gasteiger partial charge in [-0.1, -0.05) is 36.8 Å². The highest BCUT2D eigenvalue weighted by Crippen LogP contribution is 2.52. The Morgan fingerprint density at radius 1 is 1.38 bits per heavy atom. The number of hydrogen-bond acceptors (Lipinski definition) is 4. The zero-order chi connectivity index (χ0) is 16.9. The van der Waals surface area contributed by atoms with Gasteiger partial charge in [-0.3, -0.25) is 9.59 Å². The SMILES string of the molecule is CCCOC(=O)[C@@H]1[C@H]2C(=O)N(c3ccc(C)cc3)C[C@]23C=C[C@H]1O3. The van der Waals surface area contributed by atoms with E-state index in [1.54, 1.807) is 4.90 Å². The summed E-state index contributed by atoms with van der Waals surface area (Å²) in [5.74, 6) is -1.40. The maximum absolute atomic E-state index is 13.0. The molecule has 1 aromatic carbocycles. The minimum absolute atomic E-state index is 0.0517. The highest BCUT2D eigenvalue weighted by Gasteiger charge is 2.67. The van der Waals surface area contributed by atoms with Gasteiger partial charge in [0.05, 0.1) is 25.2 Å². The van der Waals surface area contributed by atoms with Crippen LogP contribution < -0.4 is 4.90 Å². The molecule has 1 aromatic rings. The minimum Gasteiger partial charge on any atom is -0.465 e. The summed E-state index contributed by atoms with van der Waals surface area (Å²) in [6.07, 6.45) is 4.28. The van der Waals surface area contributed by atoms with Crippen LogP contribution in [0.15, 0.2) is 36.4 Å². The van der Waals surface area contributed by atoms with E-state index in [-0.39, 0.29) is 18.0 Å². The van der Waals surface area contributed by atoms with Crippen molar-refractivity contribution < 1.29 is 19.1 Å². The lowest BCUT2D eigenvalue weighted by atomic mass is 9.77. The molecule has 2 saturated heterocycles. The molecule has 0 unspecified atom stereocenters. The molecule has 3 aliphatic heterocycles. The van der Waals surface area contributed by atoms with Gasteiger partial charge in [0.15, 0.2) is 0 Å². The molecule has 0 N–H and O–H groups in total. The van der Waals surface area contributed by atoms with Crippen LogP contribution in [0.2, 0.25) is 0 Å². The summed E-state index contributed by atoms with van der Waals surface area (Å²) in [5.41, 5.74) is 1.29. The minimum atomic E-state index is -0.692. The number of amides is 1. The monoisotopic (exact) mass is 327 g/mol. The van der Waals surface area contributed by atoms with Crippen molar-refractivity contribution >= 4 is 17.6 Å². The molecule has 0 aromatic heterocycles. The standard InChI is InChI=1S/C19H21NO4/c1-3-10-23-18(22)15-14-8-9-19(24-14)11-20(17(21)16(15)19)13-6-4-12(2)5-7-13/h4-9,14-16H,3,10-11H2,1-2H3/t14-,15+,16+,19-/m1/s1. The molecule has 24 heavy (non-hydrogen) atoms. The van der Waals surface area contributed by atoms with E-state index < -0.39 is 17.4 Å². The molecule has 5 heteroatoms. The summed E-state index contributed by atoms with van der Waals surface area (Å²) in [7, 11) is 0. The van der Waals surface area contributed by atoms with Crippen LogP contribution in [0.4, 0.5) is 5.69 Å². The summed E-state index contributed by atoms with van der Waals surface area (Å²) in [4.78, 5) is 27.2. The molecule has 0 radical (unpaired) electrons. The van der Waals surface area contributed by atoms with E-state index in [0.717, 1.165) is 17.7 Å². The topological polar surface area (TPSA) is 55.8 Å². The Labute approximate surface area is 141 Å². The summed E-state index contributed by atoms with van der Waals surface area (Å²) in [5, 5.41) is 0. The lowest BCUT2D eigenvalue weighted by Crippen LogP contribution is -2.40. The highest BCUT2D eigenvalue weighted by molar-refractivity contribution is 6.02. The summed E-state index contributed by atoms with van der Waals surface area (Å²) in [6, 6.07) is 7.84. The largest absolute Gasteiger partial charge is 0.465 e. The molecular weight excluding hydrogens is 306 g/mol. The van der Waals surface area contributed by atoms with Crippen molar-refractivity contribution in [3.8, 4) is 0 Å². The van der Waals surface area contributed by atoms with Gasteiger partial charge in [-0.25, -0.2) is 0 Å². The van der Waals surface area contributed by atoms with E-state index in [4.69, 9.17) is 9.47 Å². The first kappa shape index (κ1) is 15.4. The molecule has 5 nitrogen and oxygen atoms in total. The molecule has 3 aliphatic rings. The van der Waals surface area contributed by atoms with Crippen molar-refractivity contribution in [3.63, 3.8) is 0 Å². The molecule has 4 rings (SSSR count). The number of benzene rings is 1. The summed E-state index contributed by atoms with van der Waals surface area (Å²) < 4.78 is 11.4. The number of rotatable bonds is 4. The van der Waals surface area contributed by atoms with Crippen LogP contribution >= 0.6 is 0 Å². The second-order valence-electron chi connectivity index (χ2n) is 6.83. The van der Waals surface area contributed by atoms with Gasteiger partial charge in [0.2, 0.25) is 5.91 Å². The number of aryl methyl sites for hydroxylation is 1. The van der Waals surface area contributed by atoms with E-state index in [2.05, 4.69) is 0 Å². The molecule has 2 fully saturated rings. The number of anilines is 1. The predicted molar refractivity (Wildman–Crippen MR) is 88.5 cm³/mol. The van der Waals surface area contributed by atoms with Crippen LogP contribution in [0, 0.1) is 18.8 Å². The van der Waals surface area contributed by atoms with Crippen LogP contribution in [-0.4, -0.2) is 36.7 Å². The molecule has 4 atom stereocenters. The molecule has 126 valence electrons. The molecule has 1 spiro atoms. The Kier molecular flexibility index (Phi) is 3.49. The molecule has 0 saturated carbocycles. The third kappa shape index (κ3) is 2.11. The normalized spacial score (nSPS) is 33.2. The predicted octanol–water partition coefficient (Wildman–Crippen LogP) is 2.23. The van der Waals surface area contributed by atoms with E-state index in [1.165, 1.54) is 0 Å². The third-order valence-electron chi connectivity index (χ3n) is 5.17. The number of ether oxygens (including phenoxy) is 2. The van der Waals surface area contributed by atoms with Crippen molar-refractivity contribution in [3.05, 3.63) is 42.0 Å². The number of carbonyl (C=O) groups excluding carboxylic acids is 2. The van der Waals surface area contributed by atoms with Gasteiger partial charge >= 0.3 is 5.97 Å². The lowest BCUT2D eigenvalue weighted by molar-refractivity contribution is -0.152. The van der Waals surface area contributed by atoms with E-state index >= 15 is 0 Å². The molecule has 3 heterocycles. The van der Waals surface area contributed by atoms with Crippen LogP contribution in [-0.2, 0) is 19.1 Å². The van der Waals surface area contributed by atoms with Gasteiger partial charge in [-0.05, 0) is 25.5 Å². The van der Waals surface area contributed by atoms with E-state index in [0.29, 0.717) is 13.2 Å². The van der Waals surface area contributed by atoms with Crippen LogP contribution in [0.1, 0.15) is 18.9 Å².